The first-order chi connectivity index (χ1) is 7.35. The summed E-state index contributed by atoms with van der Waals surface area (Å²) >= 11 is 0. The van der Waals surface area contributed by atoms with Crippen LogP contribution in [0.3, 0.4) is 0 Å². The van der Waals surface area contributed by atoms with Gasteiger partial charge in [0.1, 0.15) is 18.9 Å². The van der Waals surface area contributed by atoms with E-state index < -0.39 is 0 Å². The summed E-state index contributed by atoms with van der Waals surface area (Å²) in [5.41, 5.74) is 0. The molecule has 0 bridgehead atoms. The fraction of sp³-hybridized carbons (Fsp3) is 0.364. The highest BCUT2D eigenvalue weighted by molar-refractivity contribution is 5.39. The summed E-state index contributed by atoms with van der Waals surface area (Å²) in [6.45, 7) is 5.91. The van der Waals surface area contributed by atoms with Crippen LogP contribution < -0.4 is 4.57 Å². The molecule has 0 unspecified atom stereocenters. The zero-order chi connectivity index (χ0) is 10.7. The van der Waals surface area contributed by atoms with Crippen molar-refractivity contribution in [2.75, 3.05) is 6.54 Å². The third-order valence-electron chi connectivity index (χ3n) is 2.35. The Morgan fingerprint density at radius 2 is 2.33 bits per heavy atom. The Morgan fingerprint density at radius 3 is 3.07 bits per heavy atom. The second-order valence-electron chi connectivity index (χ2n) is 3.20. The van der Waals surface area contributed by atoms with Crippen LogP contribution in [0.1, 0.15) is 19.7 Å². The second kappa shape index (κ2) is 4.21. The molecule has 0 N–H and O–H groups in total. The molecule has 0 radical (unpaired) electrons. The molecule has 1 aliphatic heterocycles. The normalized spacial score (nSPS) is 17.5. The van der Waals surface area contributed by atoms with E-state index in [0.29, 0.717) is 0 Å². The van der Waals surface area contributed by atoms with Crippen LogP contribution >= 0.6 is 0 Å². The Labute approximate surface area is 89.1 Å². The van der Waals surface area contributed by atoms with E-state index in [-0.39, 0.29) is 0 Å². The number of oxazole rings is 1. The first kappa shape index (κ1) is 9.83. The van der Waals surface area contributed by atoms with E-state index >= 15 is 0 Å². The predicted octanol–water partition coefficient (Wildman–Crippen LogP) is 1.71. The van der Waals surface area contributed by atoms with Gasteiger partial charge in [0.25, 0.3) is 0 Å². The van der Waals surface area contributed by atoms with Crippen molar-refractivity contribution in [1.29, 1.82) is 0 Å². The topological polar surface area (TPSA) is 29.5 Å². The minimum absolute atomic E-state index is 0.801. The molecule has 0 aromatic carbocycles. The molecule has 1 aliphatic rings. The van der Waals surface area contributed by atoms with Crippen molar-refractivity contribution < 1.29 is 13.7 Å². The summed E-state index contributed by atoms with van der Waals surface area (Å²) in [4.78, 5) is 2.02. The minimum Gasteiger partial charge on any atom is -0.447 e. The van der Waals surface area contributed by atoms with E-state index in [1.165, 1.54) is 0 Å². The lowest BCUT2D eigenvalue weighted by molar-refractivity contribution is -0.698. The number of aromatic nitrogens is 1. The lowest BCUT2D eigenvalue weighted by Crippen LogP contribution is -2.32. The van der Waals surface area contributed by atoms with Gasteiger partial charge in [0.2, 0.25) is 12.1 Å². The molecule has 0 aliphatic carbocycles. The Bertz CT molecular complexity index is 393. The molecule has 0 amide bonds. The Hall–Kier alpha value is -1.71. The molecule has 0 saturated heterocycles. The zero-order valence-electron chi connectivity index (χ0n) is 9.01. The van der Waals surface area contributed by atoms with E-state index in [9.17, 15) is 0 Å². The first-order valence-electron chi connectivity index (χ1n) is 5.13. The predicted molar refractivity (Wildman–Crippen MR) is 55.2 cm³/mol. The molecule has 0 spiro atoms. The average Bonchev–Trinajstić information content (AvgIpc) is 2.87. The van der Waals surface area contributed by atoms with Crippen molar-refractivity contribution in [2.24, 2.45) is 0 Å². The molecule has 1 aromatic rings. The van der Waals surface area contributed by atoms with Gasteiger partial charge in [-0.15, -0.1) is 0 Å². The van der Waals surface area contributed by atoms with Crippen LogP contribution in [0.15, 0.2) is 35.2 Å². The smallest absolute Gasteiger partial charge is 0.378 e. The standard InChI is InChI=1S/C11H15N2O2/c1-3-12-5-7-14-10(12)9-11-13(4-2)6-8-15-11/h5-9H,3-4H2,1-2H3/q+1. The van der Waals surface area contributed by atoms with Gasteiger partial charge >= 0.3 is 5.89 Å². The Morgan fingerprint density at radius 1 is 1.47 bits per heavy atom. The van der Waals surface area contributed by atoms with Crippen LogP contribution in [0, 0.1) is 0 Å². The molecule has 0 saturated carbocycles. The maximum atomic E-state index is 5.36. The van der Waals surface area contributed by atoms with E-state index in [4.69, 9.17) is 9.15 Å². The highest BCUT2D eigenvalue weighted by Gasteiger charge is 2.17. The van der Waals surface area contributed by atoms with Gasteiger partial charge in [-0.25, -0.2) is 0 Å². The summed E-state index contributed by atoms with van der Waals surface area (Å²) in [5, 5.41) is 0. The Balaban J connectivity index is 2.23. The van der Waals surface area contributed by atoms with Crippen molar-refractivity contribution in [3.8, 4) is 0 Å². The molecule has 0 fully saturated rings. The van der Waals surface area contributed by atoms with Crippen LogP contribution in [0.25, 0.3) is 6.08 Å². The van der Waals surface area contributed by atoms with Gasteiger partial charge in [-0.1, -0.05) is 0 Å². The highest BCUT2D eigenvalue weighted by atomic mass is 16.5. The molecule has 4 nitrogen and oxygen atoms in total. The van der Waals surface area contributed by atoms with Crippen LogP contribution in [0.5, 0.6) is 0 Å². The van der Waals surface area contributed by atoms with Gasteiger partial charge in [0, 0.05) is 12.7 Å². The number of aryl methyl sites for hydroxylation is 1. The van der Waals surface area contributed by atoms with Gasteiger partial charge in [-0.05, 0) is 13.8 Å². The van der Waals surface area contributed by atoms with Crippen molar-refractivity contribution in [1.82, 2.24) is 4.90 Å². The number of hydrogen-bond donors (Lipinski definition) is 0. The van der Waals surface area contributed by atoms with Gasteiger partial charge in [-0.2, -0.15) is 4.57 Å². The van der Waals surface area contributed by atoms with E-state index in [0.717, 1.165) is 24.9 Å². The average molecular weight is 207 g/mol. The zero-order valence-corrected chi connectivity index (χ0v) is 9.01. The summed E-state index contributed by atoms with van der Waals surface area (Å²) in [6, 6.07) is 0. The highest BCUT2D eigenvalue weighted by Crippen LogP contribution is 2.16. The van der Waals surface area contributed by atoms with Crippen molar-refractivity contribution >= 4 is 6.08 Å². The van der Waals surface area contributed by atoms with Gasteiger partial charge in [0.05, 0.1) is 0 Å². The largest absolute Gasteiger partial charge is 0.447 e. The molecule has 1 aromatic heterocycles. The van der Waals surface area contributed by atoms with Crippen molar-refractivity contribution in [2.45, 2.75) is 20.4 Å². The fourth-order valence-electron chi connectivity index (χ4n) is 1.49. The summed E-state index contributed by atoms with van der Waals surface area (Å²) in [7, 11) is 0. The molecular formula is C11H15N2O2+. The number of hydrogen-bond acceptors (Lipinski definition) is 3. The summed E-state index contributed by atoms with van der Waals surface area (Å²) in [6.07, 6.45) is 9.06. The van der Waals surface area contributed by atoms with E-state index in [1.807, 2.05) is 27.9 Å². The van der Waals surface area contributed by atoms with Crippen LogP contribution in [0.4, 0.5) is 0 Å². The molecule has 80 valence electrons. The third kappa shape index (κ3) is 1.88. The van der Waals surface area contributed by atoms with Crippen LogP contribution in [-0.2, 0) is 11.3 Å². The molecular weight excluding hydrogens is 192 g/mol. The Kier molecular flexibility index (Phi) is 2.76. The van der Waals surface area contributed by atoms with E-state index in [1.54, 1.807) is 12.5 Å². The van der Waals surface area contributed by atoms with E-state index in [2.05, 4.69) is 13.8 Å². The molecule has 4 heteroatoms. The second-order valence-corrected chi connectivity index (χ2v) is 3.20. The molecule has 2 rings (SSSR count). The minimum atomic E-state index is 0.801. The fourth-order valence-corrected chi connectivity index (χ4v) is 1.49. The molecule has 0 atom stereocenters. The SMILES string of the molecule is CCN1C=CO/C1=C/c1occ[n+]1CC. The number of rotatable bonds is 3. The van der Waals surface area contributed by atoms with Crippen LogP contribution in [0.2, 0.25) is 0 Å². The van der Waals surface area contributed by atoms with Gasteiger partial charge < -0.3 is 14.1 Å². The third-order valence-corrected chi connectivity index (χ3v) is 2.35. The van der Waals surface area contributed by atoms with Gasteiger partial charge in [0.15, 0.2) is 6.26 Å². The molecule has 15 heavy (non-hydrogen) atoms. The van der Waals surface area contributed by atoms with Crippen molar-refractivity contribution in [3.63, 3.8) is 0 Å². The number of ether oxygens (including phenoxy) is 1. The maximum absolute atomic E-state index is 5.36. The number of nitrogens with zero attached hydrogens (tertiary/aromatic N) is 2. The summed E-state index contributed by atoms with van der Waals surface area (Å²) in [5.74, 6) is 1.60. The molecule has 2 heterocycles. The lowest BCUT2D eigenvalue weighted by atomic mass is 10.5. The maximum Gasteiger partial charge on any atom is 0.378 e. The first-order valence-corrected chi connectivity index (χ1v) is 5.13. The summed E-state index contributed by atoms with van der Waals surface area (Å²) < 4.78 is 12.7. The van der Waals surface area contributed by atoms with Gasteiger partial charge in [-0.3, -0.25) is 0 Å². The lowest BCUT2D eigenvalue weighted by Gasteiger charge is -2.11. The quantitative estimate of drug-likeness (QED) is 0.707. The van der Waals surface area contributed by atoms with Crippen LogP contribution in [-0.4, -0.2) is 11.4 Å². The monoisotopic (exact) mass is 207 g/mol. The van der Waals surface area contributed by atoms with Crippen molar-refractivity contribution in [3.05, 3.63) is 36.7 Å².